The van der Waals surface area contributed by atoms with Crippen molar-refractivity contribution in [2.45, 2.75) is 45.6 Å². The van der Waals surface area contributed by atoms with Crippen molar-refractivity contribution in [1.82, 2.24) is 19.5 Å². The highest BCUT2D eigenvalue weighted by molar-refractivity contribution is 7.10. The molecular weight excluding hydrogens is 372 g/mol. The second-order valence-corrected chi connectivity index (χ2v) is 8.88. The number of hydrogen-bond acceptors (Lipinski definition) is 5. The third-order valence-corrected chi connectivity index (χ3v) is 7.07. The second kappa shape index (κ2) is 6.39. The molecule has 0 bridgehead atoms. The topological polar surface area (TPSA) is 59.7 Å². The number of ether oxygens (including phenoxy) is 1. The van der Waals surface area contributed by atoms with Gasteiger partial charge in [0, 0.05) is 35.8 Å². The number of hydrogen-bond donors (Lipinski definition) is 0. The number of carbonyl (C=O) groups excluding carboxylic acids is 1. The molecule has 1 spiro atoms. The molecule has 0 radical (unpaired) electrons. The maximum Gasteiger partial charge on any atom is 0.259 e. The SMILES string of the molecule is Cc1cc(C)n2nc(C)c(C(=O)N3CCC4(CC3)OCCc3sccc34)c2n1. The van der Waals surface area contributed by atoms with E-state index in [-0.39, 0.29) is 11.5 Å². The molecule has 7 heteroatoms. The van der Waals surface area contributed by atoms with Crippen LogP contribution in [-0.2, 0) is 16.8 Å². The minimum atomic E-state index is -0.216. The van der Waals surface area contributed by atoms with Gasteiger partial charge in [-0.15, -0.1) is 11.3 Å². The van der Waals surface area contributed by atoms with Gasteiger partial charge in [0.1, 0.15) is 5.56 Å². The molecule has 2 aliphatic rings. The zero-order valence-electron chi connectivity index (χ0n) is 16.5. The lowest BCUT2D eigenvalue weighted by molar-refractivity contribution is -0.0926. The number of amides is 1. The maximum absolute atomic E-state index is 13.4. The molecule has 3 aromatic rings. The van der Waals surface area contributed by atoms with E-state index < -0.39 is 0 Å². The summed E-state index contributed by atoms with van der Waals surface area (Å²) < 4.78 is 8.06. The van der Waals surface area contributed by atoms with Gasteiger partial charge < -0.3 is 9.64 Å². The van der Waals surface area contributed by atoms with E-state index in [1.54, 1.807) is 4.52 Å². The van der Waals surface area contributed by atoms with Gasteiger partial charge in [0.25, 0.3) is 5.91 Å². The molecule has 6 nitrogen and oxygen atoms in total. The number of aromatic nitrogens is 3. The predicted molar refractivity (Wildman–Crippen MR) is 108 cm³/mol. The average Bonchev–Trinajstić information content (AvgIpc) is 3.27. The van der Waals surface area contributed by atoms with Crippen molar-refractivity contribution in [1.29, 1.82) is 0 Å². The summed E-state index contributed by atoms with van der Waals surface area (Å²) in [6.07, 6.45) is 2.68. The van der Waals surface area contributed by atoms with Crippen LogP contribution in [0.3, 0.4) is 0 Å². The van der Waals surface area contributed by atoms with E-state index in [0.717, 1.165) is 43.0 Å². The lowest BCUT2D eigenvalue weighted by atomic mass is 9.82. The molecule has 0 N–H and O–H groups in total. The Kier molecular flexibility index (Phi) is 4.07. The van der Waals surface area contributed by atoms with Crippen LogP contribution in [0.2, 0.25) is 0 Å². The number of nitrogens with zero attached hydrogens (tertiary/aromatic N) is 4. The van der Waals surface area contributed by atoms with Crippen molar-refractivity contribution in [3.05, 3.63) is 50.6 Å². The Morgan fingerprint density at radius 1 is 1.25 bits per heavy atom. The molecule has 0 aromatic carbocycles. The van der Waals surface area contributed by atoms with Crippen LogP contribution in [0.1, 0.15) is 50.7 Å². The van der Waals surface area contributed by atoms with E-state index in [9.17, 15) is 4.79 Å². The van der Waals surface area contributed by atoms with Crippen LogP contribution >= 0.6 is 11.3 Å². The Labute approximate surface area is 168 Å². The van der Waals surface area contributed by atoms with E-state index in [1.807, 2.05) is 43.1 Å². The number of aryl methyl sites for hydroxylation is 3. The summed E-state index contributed by atoms with van der Waals surface area (Å²) in [5.41, 5.74) is 5.04. The summed E-state index contributed by atoms with van der Waals surface area (Å²) in [4.78, 5) is 21.4. The molecule has 1 fully saturated rings. The fourth-order valence-corrected chi connectivity index (χ4v) is 5.63. The van der Waals surface area contributed by atoms with Gasteiger partial charge in [-0.1, -0.05) is 0 Å². The third-order valence-electron chi connectivity index (χ3n) is 6.09. The molecule has 5 rings (SSSR count). The fourth-order valence-electron chi connectivity index (χ4n) is 4.68. The molecular formula is C21H24N4O2S. The van der Waals surface area contributed by atoms with Gasteiger partial charge in [-0.3, -0.25) is 4.79 Å². The molecule has 1 saturated heterocycles. The summed E-state index contributed by atoms with van der Waals surface area (Å²) in [5.74, 6) is 0.0289. The molecule has 3 aromatic heterocycles. The first-order chi connectivity index (χ1) is 13.5. The highest BCUT2D eigenvalue weighted by atomic mass is 32.1. The summed E-state index contributed by atoms with van der Waals surface area (Å²) in [5, 5.41) is 6.72. The van der Waals surface area contributed by atoms with Gasteiger partial charge in [-0.2, -0.15) is 5.10 Å². The van der Waals surface area contributed by atoms with E-state index in [4.69, 9.17) is 4.74 Å². The molecule has 0 atom stereocenters. The van der Waals surface area contributed by atoms with Crippen molar-refractivity contribution < 1.29 is 9.53 Å². The Hall–Kier alpha value is -2.25. The van der Waals surface area contributed by atoms with Crippen LogP contribution in [0, 0.1) is 20.8 Å². The number of piperidine rings is 1. The van der Waals surface area contributed by atoms with Crippen molar-refractivity contribution in [3.8, 4) is 0 Å². The van der Waals surface area contributed by atoms with Gasteiger partial charge in [0.05, 0.1) is 17.9 Å². The second-order valence-electron chi connectivity index (χ2n) is 7.88. The molecule has 0 saturated carbocycles. The summed E-state index contributed by atoms with van der Waals surface area (Å²) >= 11 is 1.82. The van der Waals surface area contributed by atoms with E-state index in [0.29, 0.717) is 24.3 Å². The Bertz CT molecular complexity index is 1080. The zero-order valence-corrected chi connectivity index (χ0v) is 17.3. The van der Waals surface area contributed by atoms with Crippen LogP contribution in [-0.4, -0.2) is 45.1 Å². The first-order valence-corrected chi connectivity index (χ1v) is 10.7. The van der Waals surface area contributed by atoms with Gasteiger partial charge in [0.15, 0.2) is 5.65 Å². The largest absolute Gasteiger partial charge is 0.370 e. The Balaban J connectivity index is 1.43. The smallest absolute Gasteiger partial charge is 0.259 e. The molecule has 2 aliphatic heterocycles. The molecule has 28 heavy (non-hydrogen) atoms. The van der Waals surface area contributed by atoms with Gasteiger partial charge in [-0.25, -0.2) is 9.50 Å². The summed E-state index contributed by atoms with van der Waals surface area (Å²) in [6, 6.07) is 4.19. The normalized spacial score (nSPS) is 18.6. The van der Waals surface area contributed by atoms with E-state index >= 15 is 0 Å². The lowest BCUT2D eigenvalue weighted by Gasteiger charge is -2.44. The minimum Gasteiger partial charge on any atom is -0.370 e. The monoisotopic (exact) mass is 396 g/mol. The lowest BCUT2D eigenvalue weighted by Crippen LogP contribution is -2.48. The van der Waals surface area contributed by atoms with Crippen molar-refractivity contribution >= 4 is 22.9 Å². The van der Waals surface area contributed by atoms with Crippen LogP contribution in [0.5, 0.6) is 0 Å². The molecule has 5 heterocycles. The molecule has 0 unspecified atom stereocenters. The number of carbonyl (C=O) groups is 1. The molecule has 146 valence electrons. The first-order valence-electron chi connectivity index (χ1n) is 9.82. The number of likely N-dealkylation sites (tertiary alicyclic amines) is 1. The highest BCUT2D eigenvalue weighted by Gasteiger charge is 2.42. The standard InChI is InChI=1S/C21H24N4O2S/c1-13-12-14(2)25-19(22-13)18(15(3)23-25)20(26)24-8-6-21(7-9-24)16-5-11-28-17(16)4-10-27-21/h5,11-12H,4,6-10H2,1-3H3. The fraction of sp³-hybridized carbons (Fsp3) is 0.476. The number of fused-ring (bicyclic) bond motifs is 3. The minimum absolute atomic E-state index is 0.0289. The van der Waals surface area contributed by atoms with Crippen LogP contribution in [0.4, 0.5) is 0 Å². The quantitative estimate of drug-likeness (QED) is 0.632. The number of thiophene rings is 1. The van der Waals surface area contributed by atoms with E-state index in [2.05, 4.69) is 21.5 Å². The van der Waals surface area contributed by atoms with Gasteiger partial charge in [0.2, 0.25) is 0 Å². The van der Waals surface area contributed by atoms with Crippen LogP contribution in [0.25, 0.3) is 5.65 Å². The highest BCUT2D eigenvalue weighted by Crippen LogP contribution is 2.43. The van der Waals surface area contributed by atoms with Gasteiger partial charge in [-0.05, 0) is 56.7 Å². The van der Waals surface area contributed by atoms with E-state index in [1.165, 1.54) is 10.4 Å². The molecule has 1 amide bonds. The van der Waals surface area contributed by atoms with Gasteiger partial charge >= 0.3 is 0 Å². The first kappa shape index (κ1) is 17.8. The van der Waals surface area contributed by atoms with Crippen LogP contribution in [0.15, 0.2) is 17.5 Å². The third kappa shape index (κ3) is 2.60. The van der Waals surface area contributed by atoms with Crippen molar-refractivity contribution in [2.75, 3.05) is 19.7 Å². The summed E-state index contributed by atoms with van der Waals surface area (Å²) in [6.45, 7) is 7.99. The Morgan fingerprint density at radius 3 is 2.82 bits per heavy atom. The van der Waals surface area contributed by atoms with Crippen molar-refractivity contribution in [2.24, 2.45) is 0 Å². The Morgan fingerprint density at radius 2 is 2.04 bits per heavy atom. The average molecular weight is 397 g/mol. The van der Waals surface area contributed by atoms with Crippen molar-refractivity contribution in [3.63, 3.8) is 0 Å². The number of rotatable bonds is 1. The summed E-state index contributed by atoms with van der Waals surface area (Å²) in [7, 11) is 0. The zero-order chi connectivity index (χ0) is 19.5. The maximum atomic E-state index is 13.4. The van der Waals surface area contributed by atoms with Crippen LogP contribution < -0.4 is 0 Å². The molecule has 0 aliphatic carbocycles. The predicted octanol–water partition coefficient (Wildman–Crippen LogP) is 3.42.